The van der Waals surface area contributed by atoms with Crippen LogP contribution in [0.15, 0.2) is 17.1 Å². The summed E-state index contributed by atoms with van der Waals surface area (Å²) < 4.78 is 6.91. The molecule has 0 spiro atoms. The first kappa shape index (κ1) is 12.8. The van der Waals surface area contributed by atoms with Crippen LogP contribution < -0.4 is 5.56 Å². The van der Waals surface area contributed by atoms with Crippen molar-refractivity contribution >= 4 is 5.69 Å². The van der Waals surface area contributed by atoms with Crippen LogP contribution in [-0.4, -0.2) is 22.2 Å². The van der Waals surface area contributed by atoms with E-state index in [2.05, 4.69) is 0 Å². The lowest BCUT2D eigenvalue weighted by atomic mass is 10.1. The number of pyridine rings is 1. The van der Waals surface area contributed by atoms with Gasteiger partial charge in [0.25, 0.3) is 11.2 Å². The van der Waals surface area contributed by atoms with Gasteiger partial charge in [-0.05, 0) is 26.2 Å². The van der Waals surface area contributed by atoms with Gasteiger partial charge in [0.05, 0.1) is 23.8 Å². The summed E-state index contributed by atoms with van der Waals surface area (Å²) in [7, 11) is 0. The molecule has 0 aliphatic carbocycles. The predicted molar refractivity (Wildman–Crippen MR) is 65.7 cm³/mol. The number of ether oxygens (including phenoxy) is 1. The second-order valence-corrected chi connectivity index (χ2v) is 4.58. The average molecular weight is 252 g/mol. The first-order valence-electron chi connectivity index (χ1n) is 6.05. The Morgan fingerprint density at radius 2 is 2.33 bits per heavy atom. The Bertz CT molecular complexity index is 503. The van der Waals surface area contributed by atoms with Crippen LogP contribution in [0.4, 0.5) is 5.69 Å². The van der Waals surface area contributed by atoms with E-state index >= 15 is 0 Å². The monoisotopic (exact) mass is 252 g/mol. The SMILES string of the molecule is Cc1cc(=O)n(C[C@@H]2CCCCO2)cc1[N+](=O)[O-]. The van der Waals surface area contributed by atoms with Crippen LogP contribution in [0.5, 0.6) is 0 Å². The van der Waals surface area contributed by atoms with E-state index in [1.807, 2.05) is 0 Å². The molecule has 0 bridgehead atoms. The van der Waals surface area contributed by atoms with Crippen LogP contribution in [0.2, 0.25) is 0 Å². The molecular weight excluding hydrogens is 236 g/mol. The highest BCUT2D eigenvalue weighted by Gasteiger charge is 2.18. The van der Waals surface area contributed by atoms with E-state index in [9.17, 15) is 14.9 Å². The van der Waals surface area contributed by atoms with Crippen molar-refractivity contribution in [2.75, 3.05) is 6.61 Å². The minimum Gasteiger partial charge on any atom is -0.376 e. The average Bonchev–Trinajstić information content (AvgIpc) is 2.33. The number of aryl methyl sites for hydroxylation is 1. The number of nitrogens with zero attached hydrogens (tertiary/aromatic N) is 2. The van der Waals surface area contributed by atoms with Gasteiger partial charge in [0.1, 0.15) is 0 Å². The summed E-state index contributed by atoms with van der Waals surface area (Å²) in [6.45, 7) is 2.66. The third-order valence-electron chi connectivity index (χ3n) is 3.18. The van der Waals surface area contributed by atoms with Gasteiger partial charge in [-0.15, -0.1) is 0 Å². The van der Waals surface area contributed by atoms with Crippen molar-refractivity contribution in [1.82, 2.24) is 4.57 Å². The van der Waals surface area contributed by atoms with Crippen LogP contribution in [0.1, 0.15) is 24.8 Å². The molecule has 2 heterocycles. The lowest BCUT2D eigenvalue weighted by molar-refractivity contribution is -0.386. The predicted octanol–water partition coefficient (Wildman–Crippen LogP) is 1.63. The van der Waals surface area contributed by atoms with Gasteiger partial charge >= 0.3 is 0 Å². The highest BCUT2D eigenvalue weighted by Crippen LogP contribution is 2.17. The Labute approximate surface area is 104 Å². The fraction of sp³-hybridized carbons (Fsp3) is 0.583. The molecule has 98 valence electrons. The zero-order valence-electron chi connectivity index (χ0n) is 10.3. The molecule has 1 fully saturated rings. The highest BCUT2D eigenvalue weighted by molar-refractivity contribution is 5.35. The minimum absolute atomic E-state index is 0.0150. The molecule has 1 atom stereocenters. The van der Waals surface area contributed by atoms with E-state index in [0.29, 0.717) is 18.7 Å². The van der Waals surface area contributed by atoms with Crippen molar-refractivity contribution in [3.8, 4) is 0 Å². The second-order valence-electron chi connectivity index (χ2n) is 4.58. The number of nitro groups is 1. The normalized spacial score (nSPS) is 19.7. The number of hydrogen-bond donors (Lipinski definition) is 0. The van der Waals surface area contributed by atoms with E-state index in [-0.39, 0.29) is 17.4 Å². The Morgan fingerprint density at radius 3 is 2.94 bits per heavy atom. The van der Waals surface area contributed by atoms with Crippen molar-refractivity contribution in [2.45, 2.75) is 38.8 Å². The van der Waals surface area contributed by atoms with Gasteiger partial charge in [0, 0.05) is 18.2 Å². The molecule has 2 rings (SSSR count). The Morgan fingerprint density at radius 1 is 1.56 bits per heavy atom. The number of hydrogen-bond acceptors (Lipinski definition) is 4. The van der Waals surface area contributed by atoms with Crippen molar-refractivity contribution < 1.29 is 9.66 Å². The topological polar surface area (TPSA) is 74.4 Å². The van der Waals surface area contributed by atoms with Crippen LogP contribution in [0.25, 0.3) is 0 Å². The van der Waals surface area contributed by atoms with Crippen molar-refractivity contribution in [3.05, 3.63) is 38.3 Å². The zero-order valence-corrected chi connectivity index (χ0v) is 10.3. The summed E-state index contributed by atoms with van der Waals surface area (Å²) in [5.74, 6) is 0. The van der Waals surface area contributed by atoms with Crippen LogP contribution in [0.3, 0.4) is 0 Å². The molecule has 6 heteroatoms. The lowest BCUT2D eigenvalue weighted by Gasteiger charge is -2.23. The maximum absolute atomic E-state index is 11.8. The van der Waals surface area contributed by atoms with E-state index in [1.165, 1.54) is 16.8 Å². The molecule has 1 aromatic heterocycles. The molecule has 6 nitrogen and oxygen atoms in total. The second kappa shape index (κ2) is 5.30. The molecule has 1 aromatic rings. The molecular formula is C12H16N2O4. The quantitative estimate of drug-likeness (QED) is 0.605. The number of aromatic nitrogens is 1. The zero-order chi connectivity index (χ0) is 13.1. The molecule has 0 unspecified atom stereocenters. The maximum atomic E-state index is 11.8. The first-order chi connectivity index (χ1) is 8.58. The van der Waals surface area contributed by atoms with Crippen LogP contribution in [0, 0.1) is 17.0 Å². The van der Waals surface area contributed by atoms with E-state index < -0.39 is 4.92 Å². The van der Waals surface area contributed by atoms with Gasteiger partial charge in [0.2, 0.25) is 0 Å². The van der Waals surface area contributed by atoms with Crippen LogP contribution >= 0.6 is 0 Å². The van der Waals surface area contributed by atoms with Gasteiger partial charge in [-0.25, -0.2) is 0 Å². The van der Waals surface area contributed by atoms with Crippen molar-refractivity contribution in [2.24, 2.45) is 0 Å². The van der Waals surface area contributed by atoms with Gasteiger partial charge in [-0.3, -0.25) is 14.9 Å². The number of rotatable bonds is 3. The fourth-order valence-electron chi connectivity index (χ4n) is 2.16. The standard InChI is InChI=1S/C12H16N2O4/c1-9-6-12(15)13(8-11(9)14(16)17)7-10-4-2-3-5-18-10/h6,8,10H,2-5,7H2,1H3/t10-/m0/s1. The summed E-state index contributed by atoms with van der Waals surface area (Å²) in [4.78, 5) is 22.1. The Hall–Kier alpha value is -1.69. The Balaban J connectivity index is 2.24. The molecule has 1 aliphatic rings. The molecule has 1 saturated heterocycles. The van der Waals surface area contributed by atoms with E-state index in [0.717, 1.165) is 19.3 Å². The lowest BCUT2D eigenvalue weighted by Crippen LogP contribution is -2.30. The van der Waals surface area contributed by atoms with Gasteiger partial charge in [0.15, 0.2) is 0 Å². The summed E-state index contributed by atoms with van der Waals surface area (Å²) in [5.41, 5.74) is 0.156. The largest absolute Gasteiger partial charge is 0.376 e. The smallest absolute Gasteiger partial charge is 0.288 e. The molecule has 1 aliphatic heterocycles. The van der Waals surface area contributed by atoms with Crippen LogP contribution in [-0.2, 0) is 11.3 Å². The summed E-state index contributed by atoms with van der Waals surface area (Å²) in [5, 5.41) is 10.8. The van der Waals surface area contributed by atoms with E-state index in [1.54, 1.807) is 6.92 Å². The molecule has 0 N–H and O–H groups in total. The van der Waals surface area contributed by atoms with Crippen molar-refractivity contribution in [1.29, 1.82) is 0 Å². The third-order valence-corrected chi connectivity index (χ3v) is 3.18. The highest BCUT2D eigenvalue weighted by atomic mass is 16.6. The molecule has 18 heavy (non-hydrogen) atoms. The molecule has 0 saturated carbocycles. The third kappa shape index (κ3) is 2.76. The maximum Gasteiger partial charge on any atom is 0.288 e. The summed E-state index contributed by atoms with van der Waals surface area (Å²) >= 11 is 0. The Kier molecular flexibility index (Phi) is 3.76. The minimum atomic E-state index is -0.465. The summed E-state index contributed by atoms with van der Waals surface area (Å²) in [6.07, 6.45) is 4.31. The van der Waals surface area contributed by atoms with Gasteiger partial charge in [-0.2, -0.15) is 0 Å². The van der Waals surface area contributed by atoms with E-state index in [4.69, 9.17) is 4.74 Å². The molecule has 0 aromatic carbocycles. The van der Waals surface area contributed by atoms with Gasteiger partial charge in [-0.1, -0.05) is 0 Å². The molecule has 0 amide bonds. The first-order valence-corrected chi connectivity index (χ1v) is 6.05. The molecule has 0 radical (unpaired) electrons. The fourth-order valence-corrected chi connectivity index (χ4v) is 2.16. The van der Waals surface area contributed by atoms with Gasteiger partial charge < -0.3 is 9.30 Å². The van der Waals surface area contributed by atoms with Crippen molar-refractivity contribution in [3.63, 3.8) is 0 Å². The summed E-state index contributed by atoms with van der Waals surface area (Å²) in [6, 6.07) is 1.31.